The Morgan fingerprint density at radius 3 is 2.58 bits per heavy atom. The van der Waals surface area contributed by atoms with Gasteiger partial charge in [-0.25, -0.2) is 14.8 Å². The maximum atomic E-state index is 11.1. The number of likely N-dealkylation sites (N-methyl/N-ethyl adjacent to an activating group) is 1. The fraction of sp³-hybridized carbons (Fsp3) is 0.231. The molecule has 0 spiro atoms. The van der Waals surface area contributed by atoms with Crippen LogP contribution in [-0.4, -0.2) is 39.6 Å². The summed E-state index contributed by atoms with van der Waals surface area (Å²) in [4.78, 5) is 24.7. The number of hydrogen-bond donors (Lipinski definition) is 1. The molecule has 0 bridgehead atoms. The molecule has 0 aromatic carbocycles. The number of carbonyl (C=O) groups is 1. The van der Waals surface area contributed by atoms with Crippen molar-refractivity contribution in [2.75, 3.05) is 18.5 Å². The first kappa shape index (κ1) is 12.9. The Morgan fingerprint density at radius 1 is 1.21 bits per heavy atom. The molecule has 1 N–H and O–H groups in total. The van der Waals surface area contributed by atoms with Crippen molar-refractivity contribution in [1.82, 2.24) is 15.0 Å². The predicted molar refractivity (Wildman–Crippen MR) is 70.2 cm³/mol. The second kappa shape index (κ2) is 5.90. The summed E-state index contributed by atoms with van der Waals surface area (Å²) in [7, 11) is 1.80. The summed E-state index contributed by atoms with van der Waals surface area (Å²) >= 11 is 0. The first-order valence-corrected chi connectivity index (χ1v) is 5.83. The largest absolute Gasteiger partial charge is 0.476 e. The van der Waals surface area contributed by atoms with Gasteiger partial charge in [0.2, 0.25) is 0 Å². The minimum Gasteiger partial charge on any atom is -0.476 e. The van der Waals surface area contributed by atoms with E-state index in [0.29, 0.717) is 12.4 Å². The van der Waals surface area contributed by atoms with Crippen molar-refractivity contribution in [3.05, 3.63) is 48.2 Å². The lowest BCUT2D eigenvalue weighted by atomic mass is 10.2. The van der Waals surface area contributed by atoms with E-state index in [-0.39, 0.29) is 5.69 Å². The number of carboxylic acids is 1. The summed E-state index contributed by atoms with van der Waals surface area (Å²) in [6.07, 6.45) is 7.13. The van der Waals surface area contributed by atoms with Gasteiger partial charge in [0.05, 0.1) is 0 Å². The van der Waals surface area contributed by atoms with Crippen molar-refractivity contribution in [1.29, 1.82) is 0 Å². The molecule has 6 nitrogen and oxygen atoms in total. The van der Waals surface area contributed by atoms with Crippen LogP contribution in [0.5, 0.6) is 0 Å². The summed E-state index contributed by atoms with van der Waals surface area (Å²) in [6.45, 7) is 0.656. The summed E-state index contributed by atoms with van der Waals surface area (Å²) in [5.74, 6) is -0.692. The van der Waals surface area contributed by atoms with E-state index in [1.54, 1.807) is 24.3 Å². The van der Waals surface area contributed by atoms with Gasteiger partial charge in [0.15, 0.2) is 11.5 Å². The third-order valence-electron chi connectivity index (χ3n) is 2.73. The standard InChI is InChI=1S/C13H14N4O2/c1-17(9-4-10-2-5-14-6-3-10)12-11(13(18)19)15-7-8-16-12/h2-3,5-8H,4,9H2,1H3,(H,18,19). The molecule has 0 aliphatic carbocycles. The van der Waals surface area contributed by atoms with E-state index in [9.17, 15) is 4.79 Å². The molecule has 0 amide bonds. The van der Waals surface area contributed by atoms with Crippen molar-refractivity contribution in [2.24, 2.45) is 0 Å². The normalized spacial score (nSPS) is 10.2. The number of aromatic carboxylic acids is 1. The summed E-state index contributed by atoms with van der Waals surface area (Å²) in [5.41, 5.74) is 1.11. The molecule has 2 rings (SSSR count). The summed E-state index contributed by atoms with van der Waals surface area (Å²) in [5, 5.41) is 9.06. The molecule has 0 fully saturated rings. The summed E-state index contributed by atoms with van der Waals surface area (Å²) in [6, 6.07) is 3.87. The highest BCUT2D eigenvalue weighted by molar-refractivity contribution is 5.90. The number of anilines is 1. The van der Waals surface area contributed by atoms with Gasteiger partial charge >= 0.3 is 5.97 Å². The van der Waals surface area contributed by atoms with Crippen LogP contribution in [0.2, 0.25) is 0 Å². The first-order valence-electron chi connectivity index (χ1n) is 5.83. The molecule has 0 saturated heterocycles. The van der Waals surface area contributed by atoms with Crippen LogP contribution in [0, 0.1) is 0 Å². The molecule has 0 saturated carbocycles. The topological polar surface area (TPSA) is 79.2 Å². The van der Waals surface area contributed by atoms with Crippen LogP contribution in [0.25, 0.3) is 0 Å². The molecule has 0 radical (unpaired) electrons. The van der Waals surface area contributed by atoms with Crippen LogP contribution in [0.1, 0.15) is 16.1 Å². The molecule has 6 heteroatoms. The Labute approximate surface area is 110 Å². The lowest BCUT2D eigenvalue weighted by molar-refractivity contribution is 0.0691. The zero-order valence-corrected chi connectivity index (χ0v) is 10.5. The van der Waals surface area contributed by atoms with E-state index in [2.05, 4.69) is 15.0 Å². The third-order valence-corrected chi connectivity index (χ3v) is 2.73. The lowest BCUT2D eigenvalue weighted by Gasteiger charge is -2.18. The Bertz CT molecular complexity index is 560. The van der Waals surface area contributed by atoms with Gasteiger partial charge in [-0.05, 0) is 24.1 Å². The van der Waals surface area contributed by atoms with Gasteiger partial charge in [-0.1, -0.05) is 0 Å². The number of pyridine rings is 1. The Hall–Kier alpha value is -2.50. The van der Waals surface area contributed by atoms with E-state index >= 15 is 0 Å². The molecule has 0 atom stereocenters. The minimum atomic E-state index is -1.07. The molecule has 0 aliphatic heterocycles. The number of carboxylic acid groups (broad SMARTS) is 1. The first-order chi connectivity index (χ1) is 9.18. The molecular formula is C13H14N4O2. The average molecular weight is 258 g/mol. The van der Waals surface area contributed by atoms with Crippen molar-refractivity contribution in [3.63, 3.8) is 0 Å². The number of rotatable bonds is 5. The van der Waals surface area contributed by atoms with Gasteiger partial charge in [-0.15, -0.1) is 0 Å². The smallest absolute Gasteiger partial charge is 0.358 e. The van der Waals surface area contributed by atoms with Crippen molar-refractivity contribution >= 4 is 11.8 Å². The van der Waals surface area contributed by atoms with Gasteiger partial charge in [-0.3, -0.25) is 4.98 Å². The third kappa shape index (κ3) is 3.25. The fourth-order valence-electron chi connectivity index (χ4n) is 1.71. The van der Waals surface area contributed by atoms with Crippen LogP contribution in [0.3, 0.4) is 0 Å². The van der Waals surface area contributed by atoms with Gasteiger partial charge < -0.3 is 10.0 Å². The van der Waals surface area contributed by atoms with E-state index in [4.69, 9.17) is 5.11 Å². The quantitative estimate of drug-likeness (QED) is 0.869. The molecule has 0 aliphatic rings. The van der Waals surface area contributed by atoms with Crippen LogP contribution >= 0.6 is 0 Å². The number of hydrogen-bond acceptors (Lipinski definition) is 5. The predicted octanol–water partition coefficient (Wildman–Crippen LogP) is 1.25. The average Bonchev–Trinajstić information content (AvgIpc) is 2.46. The van der Waals surface area contributed by atoms with Crippen LogP contribution < -0.4 is 4.90 Å². The highest BCUT2D eigenvalue weighted by Crippen LogP contribution is 2.13. The maximum Gasteiger partial charge on any atom is 0.358 e. The fourth-order valence-corrected chi connectivity index (χ4v) is 1.71. The molecule has 2 heterocycles. The second-order valence-electron chi connectivity index (χ2n) is 4.06. The maximum absolute atomic E-state index is 11.1. The van der Waals surface area contributed by atoms with Crippen LogP contribution in [0.15, 0.2) is 36.9 Å². The molecule has 19 heavy (non-hydrogen) atoms. The van der Waals surface area contributed by atoms with Gasteiger partial charge in [0.1, 0.15) is 0 Å². The van der Waals surface area contributed by atoms with Crippen molar-refractivity contribution < 1.29 is 9.90 Å². The van der Waals surface area contributed by atoms with E-state index < -0.39 is 5.97 Å². The minimum absolute atomic E-state index is 0.0280. The molecule has 0 unspecified atom stereocenters. The zero-order valence-electron chi connectivity index (χ0n) is 10.5. The van der Waals surface area contributed by atoms with Gasteiger partial charge in [0.25, 0.3) is 0 Å². The molecular weight excluding hydrogens is 244 g/mol. The Balaban J connectivity index is 2.08. The van der Waals surface area contributed by atoms with E-state index in [1.807, 2.05) is 12.1 Å². The summed E-state index contributed by atoms with van der Waals surface area (Å²) < 4.78 is 0. The van der Waals surface area contributed by atoms with Gasteiger partial charge in [-0.2, -0.15) is 0 Å². The molecule has 98 valence electrons. The van der Waals surface area contributed by atoms with E-state index in [1.165, 1.54) is 12.4 Å². The van der Waals surface area contributed by atoms with E-state index in [0.717, 1.165) is 12.0 Å². The second-order valence-corrected chi connectivity index (χ2v) is 4.06. The lowest BCUT2D eigenvalue weighted by Crippen LogP contribution is -2.24. The number of aromatic nitrogens is 3. The molecule has 2 aromatic heterocycles. The van der Waals surface area contributed by atoms with Crippen molar-refractivity contribution in [3.8, 4) is 0 Å². The Kier molecular flexibility index (Phi) is 4.02. The highest BCUT2D eigenvalue weighted by Gasteiger charge is 2.15. The van der Waals surface area contributed by atoms with Crippen LogP contribution in [0.4, 0.5) is 5.82 Å². The number of nitrogens with zero attached hydrogens (tertiary/aromatic N) is 4. The van der Waals surface area contributed by atoms with Crippen LogP contribution in [-0.2, 0) is 6.42 Å². The van der Waals surface area contributed by atoms with Crippen molar-refractivity contribution in [2.45, 2.75) is 6.42 Å². The Morgan fingerprint density at radius 2 is 1.89 bits per heavy atom. The molecule has 2 aromatic rings. The SMILES string of the molecule is CN(CCc1ccncc1)c1nccnc1C(=O)O. The zero-order chi connectivity index (χ0) is 13.7. The monoisotopic (exact) mass is 258 g/mol. The highest BCUT2D eigenvalue weighted by atomic mass is 16.4. The van der Waals surface area contributed by atoms with Gasteiger partial charge in [0, 0.05) is 38.4 Å².